The highest BCUT2D eigenvalue weighted by Gasteiger charge is 2.15. The van der Waals surface area contributed by atoms with E-state index >= 15 is 0 Å². The molecule has 120 valence electrons. The minimum Gasteiger partial charge on any atom is -0.344 e. The molecule has 7 nitrogen and oxygen atoms in total. The Bertz CT molecular complexity index is 736. The maximum Gasteiger partial charge on any atom is 0.232 e. The lowest BCUT2D eigenvalue weighted by molar-refractivity contribution is -0.127. The Labute approximate surface area is 139 Å². The fourth-order valence-electron chi connectivity index (χ4n) is 1.95. The molecule has 0 spiro atoms. The minimum absolute atomic E-state index is 0.0548. The summed E-state index contributed by atoms with van der Waals surface area (Å²) >= 11 is 1.29. The van der Waals surface area contributed by atoms with Crippen LogP contribution in [0.25, 0.3) is 5.69 Å². The Morgan fingerprint density at radius 2 is 2.22 bits per heavy atom. The molecule has 2 rings (SSSR count). The Hall–Kier alpha value is -2.40. The van der Waals surface area contributed by atoms with Gasteiger partial charge in [0.1, 0.15) is 0 Å². The molecule has 0 atom stereocenters. The Morgan fingerprint density at radius 1 is 1.43 bits per heavy atom. The molecule has 0 N–H and O–H groups in total. The van der Waals surface area contributed by atoms with Gasteiger partial charge in [0.2, 0.25) is 11.1 Å². The molecule has 1 heterocycles. The molecular formula is C15H18N6OS. The van der Waals surface area contributed by atoms with Crippen LogP contribution in [0.4, 0.5) is 0 Å². The lowest BCUT2D eigenvalue weighted by Gasteiger charge is -2.14. The molecule has 0 unspecified atom stereocenters. The lowest BCUT2D eigenvalue weighted by Crippen LogP contribution is -2.29. The number of thioether (sulfide) groups is 1. The largest absolute Gasteiger partial charge is 0.344 e. The molecule has 0 fully saturated rings. The smallest absolute Gasteiger partial charge is 0.232 e. The standard InChI is InChI=1S/C15H18N6OS/c1-11-5-6-12(2)13(9-11)21-15(17-18-19-21)23-10-14(22)20(3)8-4-7-16/h5-6,9H,4,8,10H2,1-3H3. The number of hydrogen-bond donors (Lipinski definition) is 0. The van der Waals surface area contributed by atoms with Gasteiger partial charge in [-0.25, -0.2) is 0 Å². The molecule has 0 aliphatic carbocycles. The maximum absolute atomic E-state index is 12.0. The highest BCUT2D eigenvalue weighted by molar-refractivity contribution is 7.99. The molecule has 1 amide bonds. The van der Waals surface area contributed by atoms with E-state index < -0.39 is 0 Å². The van der Waals surface area contributed by atoms with Crippen LogP contribution in [0.2, 0.25) is 0 Å². The fraction of sp³-hybridized carbons (Fsp3) is 0.400. The Morgan fingerprint density at radius 3 is 2.96 bits per heavy atom. The van der Waals surface area contributed by atoms with Crippen LogP contribution in [-0.4, -0.2) is 50.4 Å². The quantitative estimate of drug-likeness (QED) is 0.750. The summed E-state index contributed by atoms with van der Waals surface area (Å²) in [5.41, 5.74) is 3.08. The topological polar surface area (TPSA) is 87.7 Å². The SMILES string of the molecule is Cc1ccc(C)c(-n2nnnc2SCC(=O)N(C)CCC#N)c1. The van der Waals surface area contributed by atoms with Crippen molar-refractivity contribution < 1.29 is 4.79 Å². The van der Waals surface area contributed by atoms with Gasteiger partial charge in [0, 0.05) is 13.6 Å². The predicted octanol–water partition coefficient (Wildman–Crippen LogP) is 1.74. The van der Waals surface area contributed by atoms with E-state index in [1.807, 2.05) is 38.1 Å². The molecule has 2 aromatic rings. The van der Waals surface area contributed by atoms with Crippen LogP contribution in [0.3, 0.4) is 0 Å². The molecule has 1 aromatic heterocycles. The number of amides is 1. The molecule has 0 aliphatic heterocycles. The third-order valence-electron chi connectivity index (χ3n) is 3.34. The van der Waals surface area contributed by atoms with Crippen molar-refractivity contribution in [2.75, 3.05) is 19.3 Å². The number of nitrogens with zero attached hydrogens (tertiary/aromatic N) is 6. The first-order valence-electron chi connectivity index (χ1n) is 7.12. The van der Waals surface area contributed by atoms with E-state index in [1.54, 1.807) is 16.6 Å². The third kappa shape index (κ3) is 4.29. The van der Waals surface area contributed by atoms with Crippen molar-refractivity contribution in [1.82, 2.24) is 25.1 Å². The summed E-state index contributed by atoms with van der Waals surface area (Å²) < 4.78 is 1.65. The Balaban J connectivity index is 2.09. The molecule has 23 heavy (non-hydrogen) atoms. The number of nitriles is 1. The van der Waals surface area contributed by atoms with Gasteiger partial charge in [0.25, 0.3) is 0 Å². The summed E-state index contributed by atoms with van der Waals surface area (Å²) in [4.78, 5) is 13.6. The van der Waals surface area contributed by atoms with Crippen LogP contribution in [0.15, 0.2) is 23.4 Å². The van der Waals surface area contributed by atoms with Crippen LogP contribution in [-0.2, 0) is 4.79 Å². The van der Waals surface area contributed by atoms with E-state index in [2.05, 4.69) is 15.5 Å². The normalized spacial score (nSPS) is 10.3. The van der Waals surface area contributed by atoms with Crippen molar-refractivity contribution in [2.24, 2.45) is 0 Å². The van der Waals surface area contributed by atoms with Crippen molar-refractivity contribution in [1.29, 1.82) is 5.26 Å². The molecule has 8 heteroatoms. The second-order valence-electron chi connectivity index (χ2n) is 5.18. The number of carbonyl (C=O) groups is 1. The number of benzene rings is 1. The predicted molar refractivity (Wildman–Crippen MR) is 87.2 cm³/mol. The van der Waals surface area contributed by atoms with Crippen LogP contribution in [0.5, 0.6) is 0 Å². The first kappa shape index (κ1) is 17.0. The number of aromatic nitrogens is 4. The van der Waals surface area contributed by atoms with Crippen LogP contribution in [0.1, 0.15) is 17.5 Å². The molecule has 1 aromatic carbocycles. The van der Waals surface area contributed by atoms with Crippen LogP contribution >= 0.6 is 11.8 Å². The van der Waals surface area contributed by atoms with Crippen LogP contribution < -0.4 is 0 Å². The zero-order valence-electron chi connectivity index (χ0n) is 13.4. The molecule has 0 radical (unpaired) electrons. The van der Waals surface area contributed by atoms with Gasteiger partial charge in [-0.2, -0.15) is 9.94 Å². The molecule has 0 saturated heterocycles. The van der Waals surface area contributed by atoms with E-state index in [4.69, 9.17) is 5.26 Å². The highest BCUT2D eigenvalue weighted by atomic mass is 32.2. The van der Waals surface area contributed by atoms with Crippen molar-refractivity contribution in [3.05, 3.63) is 29.3 Å². The second kappa shape index (κ2) is 7.74. The molecule has 0 aliphatic rings. The summed E-state index contributed by atoms with van der Waals surface area (Å²) in [5.74, 6) is 0.174. The summed E-state index contributed by atoms with van der Waals surface area (Å²) in [6.07, 6.45) is 0.327. The second-order valence-corrected chi connectivity index (χ2v) is 6.12. The lowest BCUT2D eigenvalue weighted by atomic mass is 10.1. The zero-order chi connectivity index (χ0) is 16.8. The summed E-state index contributed by atoms with van der Waals surface area (Å²) in [6.45, 7) is 4.43. The monoisotopic (exact) mass is 330 g/mol. The van der Waals surface area contributed by atoms with Gasteiger partial charge < -0.3 is 4.90 Å². The Kier molecular flexibility index (Phi) is 5.71. The minimum atomic E-state index is -0.0548. The van der Waals surface area contributed by atoms with Crippen molar-refractivity contribution in [3.63, 3.8) is 0 Å². The van der Waals surface area contributed by atoms with E-state index in [0.717, 1.165) is 16.8 Å². The number of tetrazole rings is 1. The number of hydrogen-bond acceptors (Lipinski definition) is 6. The number of carbonyl (C=O) groups excluding carboxylic acids is 1. The first-order valence-corrected chi connectivity index (χ1v) is 8.11. The number of rotatable bonds is 6. The van der Waals surface area contributed by atoms with Gasteiger partial charge in [-0.3, -0.25) is 4.79 Å². The summed E-state index contributed by atoms with van der Waals surface area (Å²) in [7, 11) is 1.69. The molecule has 0 saturated carbocycles. The van der Waals surface area contributed by atoms with Crippen molar-refractivity contribution in [2.45, 2.75) is 25.4 Å². The zero-order valence-corrected chi connectivity index (χ0v) is 14.2. The maximum atomic E-state index is 12.0. The van der Waals surface area contributed by atoms with Gasteiger partial charge in [0.15, 0.2) is 0 Å². The van der Waals surface area contributed by atoms with Crippen molar-refractivity contribution in [3.8, 4) is 11.8 Å². The van der Waals surface area contributed by atoms with Gasteiger partial charge >= 0.3 is 0 Å². The van der Waals surface area contributed by atoms with Gasteiger partial charge in [-0.15, -0.1) is 5.10 Å². The van der Waals surface area contributed by atoms with Gasteiger partial charge in [-0.05, 0) is 41.5 Å². The van der Waals surface area contributed by atoms with E-state index in [-0.39, 0.29) is 11.7 Å². The first-order chi connectivity index (χ1) is 11.0. The third-order valence-corrected chi connectivity index (χ3v) is 4.25. The number of aryl methyl sites for hydroxylation is 2. The summed E-state index contributed by atoms with van der Waals surface area (Å²) in [5, 5.41) is 20.9. The molecule has 0 bridgehead atoms. The molecular weight excluding hydrogens is 312 g/mol. The van der Waals surface area contributed by atoms with E-state index in [1.165, 1.54) is 11.8 Å². The van der Waals surface area contributed by atoms with Gasteiger partial charge in [-0.1, -0.05) is 23.9 Å². The van der Waals surface area contributed by atoms with Crippen molar-refractivity contribution >= 4 is 17.7 Å². The van der Waals surface area contributed by atoms with Gasteiger partial charge in [0.05, 0.1) is 23.9 Å². The average molecular weight is 330 g/mol. The fourth-order valence-corrected chi connectivity index (χ4v) is 2.77. The average Bonchev–Trinajstić information content (AvgIpc) is 3.00. The van der Waals surface area contributed by atoms with E-state index in [0.29, 0.717) is 18.1 Å². The highest BCUT2D eigenvalue weighted by Crippen LogP contribution is 2.21. The summed E-state index contributed by atoms with van der Waals surface area (Å²) in [6, 6.07) is 8.09. The van der Waals surface area contributed by atoms with E-state index in [9.17, 15) is 4.79 Å². The van der Waals surface area contributed by atoms with Crippen LogP contribution in [0, 0.1) is 25.2 Å².